The van der Waals surface area contributed by atoms with E-state index >= 15 is 0 Å². The van der Waals surface area contributed by atoms with E-state index in [1.807, 2.05) is 11.4 Å². The maximum absolute atomic E-state index is 12.6. The largest absolute Gasteiger partial charge is 0.416 e. The van der Waals surface area contributed by atoms with E-state index in [1.165, 1.54) is 17.4 Å². The van der Waals surface area contributed by atoms with E-state index in [4.69, 9.17) is 0 Å². The van der Waals surface area contributed by atoms with Gasteiger partial charge in [-0.15, -0.1) is 11.3 Å². The number of amides is 1. The third-order valence-corrected chi connectivity index (χ3v) is 3.93. The lowest BCUT2D eigenvalue weighted by Gasteiger charge is -2.26. The summed E-state index contributed by atoms with van der Waals surface area (Å²) in [6, 6.07) is 6.31. The zero-order valence-electron chi connectivity index (χ0n) is 9.99. The van der Waals surface area contributed by atoms with Gasteiger partial charge in [0.1, 0.15) is 6.04 Å². The smallest absolute Gasteiger partial charge is 0.368 e. The molecule has 1 aliphatic heterocycles. The molecule has 0 saturated carbocycles. The van der Waals surface area contributed by atoms with Gasteiger partial charge in [0, 0.05) is 4.88 Å². The topological polar surface area (TPSA) is 41.1 Å². The van der Waals surface area contributed by atoms with Crippen LogP contribution in [0, 0.1) is 0 Å². The molecule has 0 aliphatic carbocycles. The van der Waals surface area contributed by atoms with E-state index in [0.717, 1.165) is 17.0 Å². The van der Waals surface area contributed by atoms with Crippen molar-refractivity contribution in [2.24, 2.45) is 0 Å². The number of hydrogen-bond donors (Lipinski definition) is 2. The molecule has 1 atom stereocenters. The first kappa shape index (κ1) is 13.0. The third kappa shape index (κ3) is 2.24. The van der Waals surface area contributed by atoms with E-state index in [9.17, 15) is 18.0 Å². The molecule has 0 radical (unpaired) electrons. The molecule has 20 heavy (non-hydrogen) atoms. The van der Waals surface area contributed by atoms with Gasteiger partial charge in [-0.05, 0) is 29.6 Å². The van der Waals surface area contributed by atoms with Crippen molar-refractivity contribution in [1.82, 2.24) is 0 Å². The fraction of sp³-hybridized carbons (Fsp3) is 0.154. The molecule has 2 aromatic rings. The summed E-state index contributed by atoms with van der Waals surface area (Å²) in [5.74, 6) is -0.362. The highest BCUT2D eigenvalue weighted by atomic mass is 32.1. The van der Waals surface area contributed by atoms with Gasteiger partial charge in [0.2, 0.25) is 0 Å². The van der Waals surface area contributed by atoms with Crippen molar-refractivity contribution in [2.45, 2.75) is 12.2 Å². The van der Waals surface area contributed by atoms with Crippen molar-refractivity contribution >= 4 is 28.6 Å². The first-order chi connectivity index (χ1) is 9.45. The Bertz CT molecular complexity index is 652. The van der Waals surface area contributed by atoms with Crippen LogP contribution in [-0.4, -0.2) is 5.91 Å². The maximum Gasteiger partial charge on any atom is 0.416 e. The summed E-state index contributed by atoms with van der Waals surface area (Å²) in [6.07, 6.45) is -4.43. The van der Waals surface area contributed by atoms with E-state index in [2.05, 4.69) is 10.6 Å². The minimum absolute atomic E-state index is 0.151. The van der Waals surface area contributed by atoms with Crippen LogP contribution >= 0.6 is 11.3 Å². The first-order valence-corrected chi connectivity index (χ1v) is 6.65. The van der Waals surface area contributed by atoms with Crippen LogP contribution in [0.3, 0.4) is 0 Å². The van der Waals surface area contributed by atoms with Crippen molar-refractivity contribution < 1.29 is 18.0 Å². The van der Waals surface area contributed by atoms with E-state index in [0.29, 0.717) is 5.69 Å². The Kier molecular flexibility index (Phi) is 2.93. The van der Waals surface area contributed by atoms with Gasteiger partial charge < -0.3 is 10.6 Å². The number of anilines is 2. The lowest BCUT2D eigenvalue weighted by Crippen LogP contribution is -2.31. The molecule has 0 saturated heterocycles. The summed E-state index contributed by atoms with van der Waals surface area (Å²) in [4.78, 5) is 12.8. The fourth-order valence-electron chi connectivity index (χ4n) is 2.03. The van der Waals surface area contributed by atoms with Crippen LogP contribution in [0.2, 0.25) is 0 Å². The van der Waals surface area contributed by atoms with Crippen LogP contribution < -0.4 is 10.6 Å². The van der Waals surface area contributed by atoms with Gasteiger partial charge in [0.05, 0.1) is 16.9 Å². The molecule has 0 spiro atoms. The molecule has 1 unspecified atom stereocenters. The molecule has 1 aliphatic rings. The molecule has 0 fully saturated rings. The summed E-state index contributed by atoms with van der Waals surface area (Å²) in [7, 11) is 0. The summed E-state index contributed by atoms with van der Waals surface area (Å²) in [6.45, 7) is 0. The quantitative estimate of drug-likeness (QED) is 0.839. The van der Waals surface area contributed by atoms with Crippen molar-refractivity contribution in [3.63, 3.8) is 0 Å². The number of fused-ring (bicyclic) bond motifs is 1. The van der Waals surface area contributed by atoms with Gasteiger partial charge in [-0.2, -0.15) is 13.2 Å². The SMILES string of the molecule is O=C1Nc2cc(C(F)(F)F)ccc2NC1c1cccs1. The zero-order chi connectivity index (χ0) is 14.3. The highest BCUT2D eigenvalue weighted by molar-refractivity contribution is 7.10. The molecule has 3 nitrogen and oxygen atoms in total. The van der Waals surface area contributed by atoms with Crippen LogP contribution in [-0.2, 0) is 11.0 Å². The number of carbonyl (C=O) groups is 1. The highest BCUT2D eigenvalue weighted by Gasteiger charge is 2.33. The monoisotopic (exact) mass is 298 g/mol. The Morgan fingerprint density at radius 3 is 2.60 bits per heavy atom. The molecule has 2 N–H and O–H groups in total. The summed E-state index contributed by atoms with van der Waals surface area (Å²) >= 11 is 1.41. The summed E-state index contributed by atoms with van der Waals surface area (Å²) in [5, 5.41) is 7.31. The predicted octanol–water partition coefficient (Wildman–Crippen LogP) is 3.87. The van der Waals surface area contributed by atoms with Crippen molar-refractivity contribution in [3.8, 4) is 0 Å². The second kappa shape index (κ2) is 4.52. The van der Waals surface area contributed by atoms with Gasteiger partial charge >= 0.3 is 6.18 Å². The molecule has 0 bridgehead atoms. The molecule has 3 rings (SSSR count). The van der Waals surface area contributed by atoms with E-state index < -0.39 is 17.8 Å². The van der Waals surface area contributed by atoms with Gasteiger partial charge in [-0.1, -0.05) is 6.07 Å². The average molecular weight is 298 g/mol. The minimum Gasteiger partial charge on any atom is -0.368 e. The Labute approximate surface area is 116 Å². The average Bonchev–Trinajstić information content (AvgIpc) is 2.89. The predicted molar refractivity (Wildman–Crippen MR) is 70.8 cm³/mol. The number of rotatable bonds is 1. The number of benzene rings is 1. The second-order valence-electron chi connectivity index (χ2n) is 4.34. The van der Waals surface area contributed by atoms with Crippen molar-refractivity contribution in [1.29, 1.82) is 0 Å². The molecule has 104 valence electrons. The third-order valence-electron chi connectivity index (χ3n) is 2.99. The van der Waals surface area contributed by atoms with Gasteiger partial charge in [-0.3, -0.25) is 4.79 Å². The van der Waals surface area contributed by atoms with E-state index in [1.54, 1.807) is 6.07 Å². The Morgan fingerprint density at radius 1 is 1.15 bits per heavy atom. The number of hydrogen-bond acceptors (Lipinski definition) is 3. The van der Waals surface area contributed by atoms with Gasteiger partial charge in [-0.25, -0.2) is 0 Å². The van der Waals surface area contributed by atoms with Crippen molar-refractivity contribution in [2.75, 3.05) is 10.6 Å². The van der Waals surface area contributed by atoms with Crippen LogP contribution in [0.1, 0.15) is 16.5 Å². The molecule has 2 heterocycles. The lowest BCUT2D eigenvalue weighted by atomic mass is 10.1. The first-order valence-electron chi connectivity index (χ1n) is 5.77. The minimum atomic E-state index is -4.43. The molecule has 1 aromatic carbocycles. The molecule has 7 heteroatoms. The van der Waals surface area contributed by atoms with Crippen LogP contribution in [0.25, 0.3) is 0 Å². The normalized spacial score (nSPS) is 18.1. The van der Waals surface area contributed by atoms with Gasteiger partial charge in [0.15, 0.2) is 0 Å². The fourth-order valence-corrected chi connectivity index (χ4v) is 2.81. The Hall–Kier alpha value is -2.02. The Balaban J connectivity index is 1.95. The zero-order valence-corrected chi connectivity index (χ0v) is 10.8. The number of alkyl halides is 3. The Morgan fingerprint density at radius 2 is 1.95 bits per heavy atom. The molecule has 1 aromatic heterocycles. The van der Waals surface area contributed by atoms with Crippen molar-refractivity contribution in [3.05, 3.63) is 46.2 Å². The van der Waals surface area contributed by atoms with Crippen LogP contribution in [0.4, 0.5) is 24.5 Å². The summed E-state index contributed by atoms with van der Waals surface area (Å²) < 4.78 is 37.9. The second-order valence-corrected chi connectivity index (χ2v) is 5.32. The number of nitrogens with one attached hydrogen (secondary N) is 2. The molecular weight excluding hydrogens is 289 g/mol. The van der Waals surface area contributed by atoms with Crippen LogP contribution in [0.5, 0.6) is 0 Å². The van der Waals surface area contributed by atoms with Gasteiger partial charge in [0.25, 0.3) is 5.91 Å². The molecule has 1 amide bonds. The number of halogens is 3. The van der Waals surface area contributed by atoms with E-state index in [-0.39, 0.29) is 11.6 Å². The lowest BCUT2D eigenvalue weighted by molar-refractivity contribution is -0.137. The molecular formula is C13H9F3N2OS. The maximum atomic E-state index is 12.6. The van der Waals surface area contributed by atoms with Crippen LogP contribution in [0.15, 0.2) is 35.7 Å². The highest BCUT2D eigenvalue weighted by Crippen LogP contribution is 2.38. The number of carbonyl (C=O) groups excluding carboxylic acids is 1. The standard InChI is InChI=1S/C13H9F3N2OS/c14-13(15,16)7-3-4-8-9(6-7)18-12(19)11(17-8)10-2-1-5-20-10/h1-6,11,17H,(H,18,19). The summed E-state index contributed by atoms with van der Waals surface area (Å²) in [5.41, 5.74) is -0.151. The number of thiophene rings is 1.